The van der Waals surface area contributed by atoms with Gasteiger partial charge in [-0.25, -0.2) is 0 Å². The summed E-state index contributed by atoms with van der Waals surface area (Å²) in [6.07, 6.45) is 3.80. The van der Waals surface area contributed by atoms with E-state index in [-0.39, 0.29) is 6.42 Å². The van der Waals surface area contributed by atoms with Crippen molar-refractivity contribution in [2.75, 3.05) is 32.8 Å². The average Bonchev–Trinajstić information content (AvgIpc) is 2.36. The Morgan fingerprint density at radius 2 is 2.11 bits per heavy atom. The normalized spacial score (nSPS) is 19.5. The molecule has 1 unspecified atom stereocenters. The van der Waals surface area contributed by atoms with Crippen LogP contribution in [0.25, 0.3) is 0 Å². The van der Waals surface area contributed by atoms with E-state index in [2.05, 4.69) is 11.8 Å². The lowest BCUT2D eigenvalue weighted by atomic mass is 9.93. The summed E-state index contributed by atoms with van der Waals surface area (Å²) in [5.41, 5.74) is 0. The topological polar surface area (TPSA) is 70.0 Å². The van der Waals surface area contributed by atoms with E-state index in [9.17, 15) is 9.90 Å². The van der Waals surface area contributed by atoms with Crippen LogP contribution in [0.3, 0.4) is 0 Å². The van der Waals surface area contributed by atoms with Gasteiger partial charge in [0.2, 0.25) is 0 Å². The number of hydrogen-bond acceptors (Lipinski definition) is 4. The van der Waals surface area contributed by atoms with Crippen LogP contribution in [0, 0.1) is 5.92 Å². The first-order valence-corrected chi connectivity index (χ1v) is 7.31. The van der Waals surface area contributed by atoms with Crippen LogP contribution in [0.5, 0.6) is 0 Å². The van der Waals surface area contributed by atoms with E-state index in [4.69, 9.17) is 9.84 Å². The van der Waals surface area contributed by atoms with Gasteiger partial charge in [0, 0.05) is 19.6 Å². The summed E-state index contributed by atoms with van der Waals surface area (Å²) < 4.78 is 5.40. The number of rotatable bonds is 9. The molecule has 0 saturated carbocycles. The highest BCUT2D eigenvalue weighted by atomic mass is 16.5. The molecular formula is C14H27NO4. The van der Waals surface area contributed by atoms with Crippen molar-refractivity contribution in [2.45, 2.75) is 45.1 Å². The fourth-order valence-corrected chi connectivity index (χ4v) is 2.44. The second-order valence-corrected chi connectivity index (χ2v) is 5.42. The summed E-state index contributed by atoms with van der Waals surface area (Å²) in [7, 11) is 0. The number of β-amino-alcohol motifs (C(OH)–C–C–N with tert-alkyl or cyclic N) is 1. The molecule has 1 saturated heterocycles. The Labute approximate surface area is 115 Å². The van der Waals surface area contributed by atoms with E-state index < -0.39 is 12.1 Å². The molecule has 2 N–H and O–H groups in total. The van der Waals surface area contributed by atoms with Crippen molar-refractivity contribution >= 4 is 5.97 Å². The van der Waals surface area contributed by atoms with Gasteiger partial charge < -0.3 is 19.8 Å². The zero-order valence-electron chi connectivity index (χ0n) is 11.9. The predicted molar refractivity (Wildman–Crippen MR) is 73.2 cm³/mol. The zero-order valence-corrected chi connectivity index (χ0v) is 11.9. The number of carbonyl (C=O) groups is 1. The van der Waals surface area contributed by atoms with Gasteiger partial charge >= 0.3 is 5.97 Å². The molecule has 1 heterocycles. The summed E-state index contributed by atoms with van der Waals surface area (Å²) in [5.74, 6) is -0.408. The van der Waals surface area contributed by atoms with Crippen LogP contribution < -0.4 is 0 Å². The standard InChI is InChI=1S/C14H27NO4/c1-2-3-8-19-11-13(16)10-15-6-4-12(5-7-15)9-14(17)18/h12-13,16H,2-11H2,1H3,(H,17,18). The second-order valence-electron chi connectivity index (χ2n) is 5.42. The van der Waals surface area contributed by atoms with Gasteiger partial charge in [-0.3, -0.25) is 4.79 Å². The third-order valence-electron chi connectivity index (χ3n) is 3.59. The van der Waals surface area contributed by atoms with Crippen LogP contribution in [0.4, 0.5) is 0 Å². The van der Waals surface area contributed by atoms with Crippen LogP contribution in [-0.2, 0) is 9.53 Å². The van der Waals surface area contributed by atoms with E-state index in [0.717, 1.165) is 38.8 Å². The highest BCUT2D eigenvalue weighted by molar-refractivity contribution is 5.67. The van der Waals surface area contributed by atoms with Gasteiger partial charge in [-0.2, -0.15) is 0 Å². The molecule has 0 aromatic heterocycles. The molecule has 1 aliphatic rings. The molecule has 1 rings (SSSR count). The number of carboxylic acid groups (broad SMARTS) is 1. The maximum atomic E-state index is 10.6. The van der Waals surface area contributed by atoms with E-state index >= 15 is 0 Å². The average molecular weight is 273 g/mol. The Balaban J connectivity index is 2.09. The molecule has 0 bridgehead atoms. The molecule has 0 aromatic rings. The smallest absolute Gasteiger partial charge is 0.303 e. The fraction of sp³-hybridized carbons (Fsp3) is 0.929. The monoisotopic (exact) mass is 273 g/mol. The summed E-state index contributed by atoms with van der Waals surface area (Å²) in [6.45, 7) is 5.62. The molecule has 1 atom stereocenters. The number of hydrogen-bond donors (Lipinski definition) is 2. The maximum Gasteiger partial charge on any atom is 0.303 e. The molecule has 0 aliphatic carbocycles. The largest absolute Gasteiger partial charge is 0.481 e. The van der Waals surface area contributed by atoms with Crippen LogP contribution in [0.2, 0.25) is 0 Å². The molecule has 0 spiro atoms. The van der Waals surface area contributed by atoms with Crippen molar-refractivity contribution in [3.8, 4) is 0 Å². The van der Waals surface area contributed by atoms with Crippen molar-refractivity contribution < 1.29 is 19.7 Å². The fourth-order valence-electron chi connectivity index (χ4n) is 2.44. The third kappa shape index (κ3) is 7.50. The molecule has 0 radical (unpaired) electrons. The predicted octanol–water partition coefficient (Wildman–Crippen LogP) is 1.35. The van der Waals surface area contributed by atoms with Crippen LogP contribution in [0.1, 0.15) is 39.0 Å². The molecule has 0 aromatic carbocycles. The number of piperidine rings is 1. The van der Waals surface area contributed by atoms with Gasteiger partial charge in [-0.15, -0.1) is 0 Å². The first-order valence-electron chi connectivity index (χ1n) is 7.31. The SMILES string of the molecule is CCCCOCC(O)CN1CCC(CC(=O)O)CC1. The zero-order chi connectivity index (χ0) is 14.1. The molecule has 5 nitrogen and oxygen atoms in total. The number of aliphatic carboxylic acids is 1. The molecular weight excluding hydrogens is 246 g/mol. The van der Waals surface area contributed by atoms with Gasteiger partial charge in [0.15, 0.2) is 0 Å². The minimum Gasteiger partial charge on any atom is -0.481 e. The lowest BCUT2D eigenvalue weighted by Crippen LogP contribution is -2.40. The van der Waals surface area contributed by atoms with Crippen LogP contribution in [0.15, 0.2) is 0 Å². The quantitative estimate of drug-likeness (QED) is 0.621. The summed E-state index contributed by atoms with van der Waals surface area (Å²) in [4.78, 5) is 12.8. The van der Waals surface area contributed by atoms with Crippen molar-refractivity contribution in [3.63, 3.8) is 0 Å². The lowest BCUT2D eigenvalue weighted by molar-refractivity contribution is -0.138. The Morgan fingerprint density at radius 1 is 1.42 bits per heavy atom. The lowest BCUT2D eigenvalue weighted by Gasteiger charge is -2.32. The van der Waals surface area contributed by atoms with Crippen molar-refractivity contribution in [3.05, 3.63) is 0 Å². The highest BCUT2D eigenvalue weighted by Crippen LogP contribution is 2.20. The summed E-state index contributed by atoms with van der Waals surface area (Å²) >= 11 is 0. The van der Waals surface area contributed by atoms with E-state index in [1.807, 2.05) is 0 Å². The van der Waals surface area contributed by atoms with Gasteiger partial charge in [0.05, 0.1) is 12.7 Å². The molecule has 1 fully saturated rings. The van der Waals surface area contributed by atoms with Crippen molar-refractivity contribution in [1.29, 1.82) is 0 Å². The summed E-state index contributed by atoms with van der Waals surface area (Å²) in [6, 6.07) is 0. The number of unbranched alkanes of at least 4 members (excludes halogenated alkanes) is 1. The molecule has 5 heteroatoms. The van der Waals surface area contributed by atoms with Gasteiger partial charge in [-0.1, -0.05) is 13.3 Å². The van der Waals surface area contributed by atoms with Gasteiger partial charge in [0.25, 0.3) is 0 Å². The minimum atomic E-state index is -0.706. The number of likely N-dealkylation sites (tertiary alicyclic amines) is 1. The second kappa shape index (κ2) is 9.28. The number of ether oxygens (including phenoxy) is 1. The number of nitrogens with zero attached hydrogens (tertiary/aromatic N) is 1. The van der Waals surface area contributed by atoms with Crippen molar-refractivity contribution in [1.82, 2.24) is 4.90 Å². The van der Waals surface area contributed by atoms with Crippen LogP contribution >= 0.6 is 0 Å². The first kappa shape index (κ1) is 16.4. The molecule has 0 amide bonds. The number of carboxylic acids is 1. The Kier molecular flexibility index (Phi) is 8.02. The number of aliphatic hydroxyl groups excluding tert-OH is 1. The first-order chi connectivity index (χ1) is 9.11. The third-order valence-corrected chi connectivity index (χ3v) is 3.59. The van der Waals surface area contributed by atoms with E-state index in [1.54, 1.807) is 0 Å². The molecule has 112 valence electrons. The van der Waals surface area contributed by atoms with E-state index in [1.165, 1.54) is 0 Å². The highest BCUT2D eigenvalue weighted by Gasteiger charge is 2.22. The maximum absolute atomic E-state index is 10.6. The van der Waals surface area contributed by atoms with Crippen LogP contribution in [-0.4, -0.2) is 60.0 Å². The Morgan fingerprint density at radius 3 is 2.68 bits per heavy atom. The molecule has 19 heavy (non-hydrogen) atoms. The molecule has 1 aliphatic heterocycles. The number of aliphatic hydroxyl groups is 1. The summed E-state index contributed by atoms with van der Waals surface area (Å²) in [5, 5.41) is 18.6. The minimum absolute atomic E-state index is 0.274. The van der Waals surface area contributed by atoms with Crippen molar-refractivity contribution in [2.24, 2.45) is 5.92 Å². The van der Waals surface area contributed by atoms with Gasteiger partial charge in [0.1, 0.15) is 0 Å². The Hall–Kier alpha value is -0.650. The van der Waals surface area contributed by atoms with Gasteiger partial charge in [-0.05, 0) is 38.3 Å². The van der Waals surface area contributed by atoms with E-state index in [0.29, 0.717) is 25.7 Å². The Bertz CT molecular complexity index is 252.